The van der Waals surface area contributed by atoms with E-state index in [9.17, 15) is 0 Å². The lowest BCUT2D eigenvalue weighted by molar-refractivity contribution is 0.835. The van der Waals surface area contributed by atoms with Gasteiger partial charge in [0.1, 0.15) is 0 Å². The van der Waals surface area contributed by atoms with E-state index in [2.05, 4.69) is 19.8 Å². The standard InChI is InChI=1S/C7H14S/c1-4-5-6-7(2)8-3/h4,7H,1,5-6H2,2-3H3. The SMILES string of the molecule is C=CCCC(C)SC. The van der Waals surface area contributed by atoms with Gasteiger partial charge < -0.3 is 0 Å². The van der Waals surface area contributed by atoms with Crippen molar-refractivity contribution < 1.29 is 0 Å². The second kappa shape index (κ2) is 5.23. The summed E-state index contributed by atoms with van der Waals surface area (Å²) in [6, 6.07) is 0. The summed E-state index contributed by atoms with van der Waals surface area (Å²) in [5.74, 6) is 0. The molecular weight excluding hydrogens is 116 g/mol. The Balaban J connectivity index is 2.97. The predicted molar refractivity (Wildman–Crippen MR) is 42.4 cm³/mol. The summed E-state index contributed by atoms with van der Waals surface area (Å²) >= 11 is 1.92. The largest absolute Gasteiger partial charge is 0.162 e. The molecule has 1 unspecified atom stereocenters. The molecule has 0 saturated carbocycles. The minimum absolute atomic E-state index is 0.799. The third-order valence-corrected chi connectivity index (χ3v) is 2.22. The van der Waals surface area contributed by atoms with Crippen LogP contribution in [-0.2, 0) is 0 Å². The monoisotopic (exact) mass is 130 g/mol. The summed E-state index contributed by atoms with van der Waals surface area (Å²) in [5, 5.41) is 0.799. The van der Waals surface area contributed by atoms with Gasteiger partial charge in [-0.1, -0.05) is 13.0 Å². The van der Waals surface area contributed by atoms with Crippen LogP contribution in [0.3, 0.4) is 0 Å². The maximum Gasteiger partial charge on any atom is 0.00188 e. The molecular formula is C7H14S. The molecule has 0 heterocycles. The first-order chi connectivity index (χ1) is 3.81. The van der Waals surface area contributed by atoms with Crippen LogP contribution in [0.1, 0.15) is 19.8 Å². The summed E-state index contributed by atoms with van der Waals surface area (Å²) in [5.41, 5.74) is 0. The molecule has 0 aromatic heterocycles. The van der Waals surface area contributed by atoms with Crippen LogP contribution < -0.4 is 0 Å². The van der Waals surface area contributed by atoms with Crippen molar-refractivity contribution in [3.63, 3.8) is 0 Å². The minimum atomic E-state index is 0.799. The molecule has 0 bridgehead atoms. The van der Waals surface area contributed by atoms with Gasteiger partial charge in [0, 0.05) is 5.25 Å². The predicted octanol–water partition coefficient (Wildman–Crippen LogP) is 2.70. The van der Waals surface area contributed by atoms with Gasteiger partial charge in [0.15, 0.2) is 0 Å². The van der Waals surface area contributed by atoms with Gasteiger partial charge in [0.05, 0.1) is 0 Å². The Morgan fingerprint density at radius 3 is 2.75 bits per heavy atom. The van der Waals surface area contributed by atoms with E-state index in [-0.39, 0.29) is 0 Å². The Morgan fingerprint density at radius 2 is 2.38 bits per heavy atom. The van der Waals surface area contributed by atoms with Gasteiger partial charge in [-0.2, -0.15) is 11.8 Å². The van der Waals surface area contributed by atoms with E-state index in [0.29, 0.717) is 0 Å². The summed E-state index contributed by atoms with van der Waals surface area (Å²) in [6.07, 6.45) is 6.55. The van der Waals surface area contributed by atoms with Crippen molar-refractivity contribution in [2.24, 2.45) is 0 Å². The molecule has 0 aliphatic carbocycles. The highest BCUT2D eigenvalue weighted by atomic mass is 32.2. The number of rotatable bonds is 4. The van der Waals surface area contributed by atoms with Crippen molar-refractivity contribution in [3.05, 3.63) is 12.7 Å². The Morgan fingerprint density at radius 1 is 1.75 bits per heavy atom. The number of hydrogen-bond donors (Lipinski definition) is 0. The molecule has 0 amide bonds. The van der Waals surface area contributed by atoms with Crippen LogP contribution in [0.2, 0.25) is 0 Å². The molecule has 0 saturated heterocycles. The van der Waals surface area contributed by atoms with E-state index < -0.39 is 0 Å². The van der Waals surface area contributed by atoms with Crippen LogP contribution in [0.4, 0.5) is 0 Å². The Bertz CT molecular complexity index is 59.4. The molecule has 0 nitrogen and oxygen atoms in total. The average molecular weight is 130 g/mol. The molecule has 1 heteroatoms. The Hall–Kier alpha value is 0.0900. The molecule has 0 N–H and O–H groups in total. The second-order valence-corrected chi connectivity index (χ2v) is 3.19. The number of thioether (sulfide) groups is 1. The fourth-order valence-corrected chi connectivity index (χ4v) is 0.842. The van der Waals surface area contributed by atoms with Gasteiger partial charge in [-0.3, -0.25) is 0 Å². The zero-order valence-corrected chi connectivity index (χ0v) is 6.50. The quantitative estimate of drug-likeness (QED) is 0.527. The zero-order chi connectivity index (χ0) is 6.41. The van der Waals surface area contributed by atoms with Crippen LogP contribution in [0.5, 0.6) is 0 Å². The van der Waals surface area contributed by atoms with E-state index in [4.69, 9.17) is 0 Å². The van der Waals surface area contributed by atoms with Gasteiger partial charge in [0.25, 0.3) is 0 Å². The minimum Gasteiger partial charge on any atom is -0.162 e. The first kappa shape index (κ1) is 8.09. The summed E-state index contributed by atoms with van der Waals surface area (Å²) in [4.78, 5) is 0. The van der Waals surface area contributed by atoms with Crippen LogP contribution in [0, 0.1) is 0 Å². The fraction of sp³-hybridized carbons (Fsp3) is 0.714. The molecule has 0 aliphatic heterocycles. The third kappa shape index (κ3) is 4.25. The first-order valence-electron chi connectivity index (χ1n) is 2.95. The van der Waals surface area contributed by atoms with Gasteiger partial charge in [-0.15, -0.1) is 6.58 Å². The molecule has 0 aromatic rings. The highest BCUT2D eigenvalue weighted by Gasteiger charge is 1.94. The molecule has 8 heavy (non-hydrogen) atoms. The van der Waals surface area contributed by atoms with Crippen molar-refractivity contribution >= 4 is 11.8 Å². The van der Waals surface area contributed by atoms with Crippen molar-refractivity contribution in [1.29, 1.82) is 0 Å². The van der Waals surface area contributed by atoms with Crippen LogP contribution >= 0.6 is 11.8 Å². The highest BCUT2D eigenvalue weighted by Crippen LogP contribution is 2.11. The molecule has 0 aromatic carbocycles. The number of allylic oxidation sites excluding steroid dienone is 1. The average Bonchev–Trinajstić information content (AvgIpc) is 1.83. The highest BCUT2D eigenvalue weighted by molar-refractivity contribution is 7.99. The molecule has 0 radical (unpaired) electrons. The van der Waals surface area contributed by atoms with Gasteiger partial charge in [-0.05, 0) is 19.1 Å². The molecule has 0 spiro atoms. The number of hydrogen-bond acceptors (Lipinski definition) is 1. The summed E-state index contributed by atoms with van der Waals surface area (Å²) < 4.78 is 0. The van der Waals surface area contributed by atoms with E-state index in [1.807, 2.05) is 17.8 Å². The first-order valence-corrected chi connectivity index (χ1v) is 4.23. The van der Waals surface area contributed by atoms with Crippen molar-refractivity contribution in [1.82, 2.24) is 0 Å². The van der Waals surface area contributed by atoms with Gasteiger partial charge >= 0.3 is 0 Å². The van der Waals surface area contributed by atoms with E-state index in [1.54, 1.807) is 0 Å². The lowest BCUT2D eigenvalue weighted by Crippen LogP contribution is -1.91. The maximum absolute atomic E-state index is 3.66. The molecule has 0 rings (SSSR count). The van der Waals surface area contributed by atoms with E-state index in [0.717, 1.165) is 11.7 Å². The van der Waals surface area contributed by atoms with Crippen molar-refractivity contribution in [2.75, 3.05) is 6.26 Å². The van der Waals surface area contributed by atoms with E-state index in [1.165, 1.54) is 6.42 Å². The fourth-order valence-electron chi connectivity index (χ4n) is 0.470. The summed E-state index contributed by atoms with van der Waals surface area (Å²) in [6.45, 7) is 5.90. The normalized spacial score (nSPS) is 13.2. The maximum atomic E-state index is 3.66. The van der Waals surface area contributed by atoms with Crippen molar-refractivity contribution in [2.45, 2.75) is 25.0 Å². The molecule has 0 fully saturated rings. The third-order valence-electron chi connectivity index (χ3n) is 1.18. The zero-order valence-electron chi connectivity index (χ0n) is 5.68. The Labute approximate surface area is 56.4 Å². The van der Waals surface area contributed by atoms with E-state index >= 15 is 0 Å². The van der Waals surface area contributed by atoms with Crippen LogP contribution in [-0.4, -0.2) is 11.5 Å². The van der Waals surface area contributed by atoms with Crippen molar-refractivity contribution in [3.8, 4) is 0 Å². The van der Waals surface area contributed by atoms with Crippen LogP contribution in [0.15, 0.2) is 12.7 Å². The van der Waals surface area contributed by atoms with Gasteiger partial charge in [0.2, 0.25) is 0 Å². The smallest absolute Gasteiger partial charge is 0.00188 e. The van der Waals surface area contributed by atoms with Gasteiger partial charge in [-0.25, -0.2) is 0 Å². The lowest BCUT2D eigenvalue weighted by Gasteiger charge is -2.02. The summed E-state index contributed by atoms with van der Waals surface area (Å²) in [7, 11) is 0. The molecule has 0 aliphatic rings. The lowest BCUT2D eigenvalue weighted by atomic mass is 10.2. The van der Waals surface area contributed by atoms with Crippen LogP contribution in [0.25, 0.3) is 0 Å². The topological polar surface area (TPSA) is 0 Å². The molecule has 1 atom stereocenters. The molecule has 48 valence electrons. The Kier molecular flexibility index (Phi) is 5.29. The second-order valence-electron chi connectivity index (χ2n) is 1.91.